The van der Waals surface area contributed by atoms with Crippen LogP contribution in [0.25, 0.3) is 0 Å². The predicted octanol–water partition coefficient (Wildman–Crippen LogP) is 5.33. The second kappa shape index (κ2) is 8.92. The second-order valence-electron chi connectivity index (χ2n) is 6.74. The normalized spacial score (nSPS) is 10.7. The van der Waals surface area contributed by atoms with Gasteiger partial charge in [-0.3, -0.25) is 4.79 Å². The van der Waals surface area contributed by atoms with E-state index in [-0.39, 0.29) is 11.7 Å². The molecule has 7 heteroatoms. The summed E-state index contributed by atoms with van der Waals surface area (Å²) in [5.74, 6) is 1.33. The van der Waals surface area contributed by atoms with Gasteiger partial charge in [-0.1, -0.05) is 42.1 Å². The first-order valence-corrected chi connectivity index (χ1v) is 10.5. The van der Waals surface area contributed by atoms with Gasteiger partial charge in [-0.15, -0.1) is 0 Å². The van der Waals surface area contributed by atoms with Gasteiger partial charge in [-0.05, 0) is 36.4 Å². The maximum atomic E-state index is 12.8. The van der Waals surface area contributed by atoms with Crippen molar-refractivity contribution in [2.24, 2.45) is 7.05 Å². The van der Waals surface area contributed by atoms with Gasteiger partial charge in [0.25, 0.3) is 5.91 Å². The summed E-state index contributed by atoms with van der Waals surface area (Å²) in [7, 11) is 3.92. The number of para-hydroxylation sites is 3. The van der Waals surface area contributed by atoms with Gasteiger partial charge in [0, 0.05) is 32.2 Å². The molecule has 152 valence electrons. The molecule has 0 spiro atoms. The Morgan fingerprint density at radius 3 is 2.63 bits per heavy atom. The molecule has 0 bridgehead atoms. The largest absolute Gasteiger partial charge is 0.455 e. The fourth-order valence-corrected chi connectivity index (χ4v) is 3.88. The van der Waals surface area contributed by atoms with Crippen molar-refractivity contribution in [3.8, 4) is 0 Å². The zero-order valence-electron chi connectivity index (χ0n) is 16.8. The van der Waals surface area contributed by atoms with Gasteiger partial charge in [0.1, 0.15) is 5.76 Å². The highest BCUT2D eigenvalue weighted by molar-refractivity contribution is 7.98. The number of benzene rings is 2. The molecule has 6 nitrogen and oxygen atoms in total. The molecule has 0 aliphatic rings. The molecule has 0 atom stereocenters. The van der Waals surface area contributed by atoms with Crippen LogP contribution in [0, 0.1) is 0 Å². The van der Waals surface area contributed by atoms with Crippen LogP contribution in [0.2, 0.25) is 0 Å². The Morgan fingerprint density at radius 2 is 1.87 bits per heavy atom. The molecule has 0 aliphatic heterocycles. The average molecular weight is 419 g/mol. The third kappa shape index (κ3) is 4.41. The van der Waals surface area contributed by atoms with Crippen LogP contribution >= 0.6 is 11.8 Å². The first-order chi connectivity index (χ1) is 14.6. The van der Waals surface area contributed by atoms with Crippen molar-refractivity contribution in [2.75, 3.05) is 17.3 Å². The number of thioether (sulfide) groups is 1. The Balaban J connectivity index is 1.46. The Morgan fingerprint density at radius 1 is 1.10 bits per heavy atom. The number of nitrogens with zero attached hydrogens (tertiary/aromatic N) is 3. The monoisotopic (exact) mass is 418 g/mol. The Labute approximate surface area is 179 Å². The molecule has 0 fully saturated rings. The summed E-state index contributed by atoms with van der Waals surface area (Å²) < 4.78 is 7.70. The lowest BCUT2D eigenvalue weighted by Gasteiger charge is -2.22. The molecule has 0 radical (unpaired) electrons. The summed E-state index contributed by atoms with van der Waals surface area (Å²) in [6.07, 6.45) is 3.65. The number of furan rings is 1. The van der Waals surface area contributed by atoms with Gasteiger partial charge < -0.3 is 19.2 Å². The molecule has 4 aromatic rings. The summed E-state index contributed by atoms with van der Waals surface area (Å²) in [4.78, 5) is 19.1. The van der Waals surface area contributed by atoms with E-state index in [2.05, 4.69) is 10.3 Å². The lowest BCUT2D eigenvalue weighted by Crippen LogP contribution is -2.16. The highest BCUT2D eigenvalue weighted by Crippen LogP contribution is 2.31. The minimum Gasteiger partial charge on any atom is -0.455 e. The van der Waals surface area contributed by atoms with E-state index in [1.807, 2.05) is 90.4 Å². The van der Waals surface area contributed by atoms with Gasteiger partial charge in [-0.2, -0.15) is 0 Å². The lowest BCUT2D eigenvalue weighted by atomic mass is 10.2. The van der Waals surface area contributed by atoms with Gasteiger partial charge >= 0.3 is 0 Å². The molecule has 1 amide bonds. The Kier molecular flexibility index (Phi) is 5.90. The summed E-state index contributed by atoms with van der Waals surface area (Å²) >= 11 is 1.56. The number of aromatic nitrogens is 2. The number of carbonyl (C=O) groups excluding carboxylic acids is 1. The molecule has 2 aromatic heterocycles. The minimum absolute atomic E-state index is 0.280. The van der Waals surface area contributed by atoms with E-state index in [0.29, 0.717) is 11.4 Å². The summed E-state index contributed by atoms with van der Waals surface area (Å²) in [5, 5.41) is 3.87. The molecule has 4 rings (SSSR count). The number of hydrogen-bond donors (Lipinski definition) is 1. The van der Waals surface area contributed by atoms with Crippen molar-refractivity contribution in [3.05, 3.63) is 90.6 Å². The van der Waals surface area contributed by atoms with Crippen LogP contribution in [0.5, 0.6) is 0 Å². The number of carbonyl (C=O) groups is 1. The second-order valence-corrected chi connectivity index (χ2v) is 7.68. The van der Waals surface area contributed by atoms with Crippen LogP contribution in [0.15, 0.2) is 88.7 Å². The van der Waals surface area contributed by atoms with Gasteiger partial charge in [0.15, 0.2) is 10.9 Å². The first-order valence-electron chi connectivity index (χ1n) is 9.50. The fraction of sp³-hybridized carbons (Fsp3) is 0.130. The Bertz CT molecular complexity index is 1140. The summed E-state index contributed by atoms with van der Waals surface area (Å²) in [5.41, 5.74) is 2.65. The first kappa shape index (κ1) is 19.8. The van der Waals surface area contributed by atoms with Crippen molar-refractivity contribution < 1.29 is 9.21 Å². The molecular formula is C23H22N4O2S. The number of rotatable bonds is 7. The van der Waals surface area contributed by atoms with Crippen molar-refractivity contribution in [2.45, 2.75) is 10.9 Å². The topological polar surface area (TPSA) is 63.3 Å². The van der Waals surface area contributed by atoms with Crippen LogP contribution in [0.4, 0.5) is 17.1 Å². The van der Waals surface area contributed by atoms with Crippen LogP contribution in [0.1, 0.15) is 16.3 Å². The van der Waals surface area contributed by atoms with E-state index < -0.39 is 0 Å². The number of amides is 1. The third-order valence-corrected chi connectivity index (χ3v) is 5.74. The smallest absolute Gasteiger partial charge is 0.291 e. The van der Waals surface area contributed by atoms with E-state index in [1.165, 1.54) is 0 Å². The molecule has 0 saturated heterocycles. The van der Waals surface area contributed by atoms with E-state index in [9.17, 15) is 4.79 Å². The molecule has 30 heavy (non-hydrogen) atoms. The number of imidazole rings is 1. The standard InChI is InChI=1S/C23H22N4O2S/c1-26-15-14-24-23(26)30-16-18-12-13-21(29-18)22(28)25-19-10-6-7-11-20(19)27(2)17-8-4-3-5-9-17/h3-15H,16H2,1-2H3,(H,25,28). The van der Waals surface area contributed by atoms with Crippen molar-refractivity contribution in [1.29, 1.82) is 0 Å². The maximum Gasteiger partial charge on any atom is 0.291 e. The maximum absolute atomic E-state index is 12.8. The molecule has 2 aromatic carbocycles. The number of nitrogens with one attached hydrogen (secondary N) is 1. The van der Waals surface area contributed by atoms with Gasteiger partial charge in [0.2, 0.25) is 0 Å². The number of aryl methyl sites for hydroxylation is 1. The van der Waals surface area contributed by atoms with E-state index >= 15 is 0 Å². The van der Waals surface area contributed by atoms with Crippen LogP contribution < -0.4 is 10.2 Å². The van der Waals surface area contributed by atoms with E-state index in [0.717, 1.165) is 22.3 Å². The van der Waals surface area contributed by atoms with Crippen molar-refractivity contribution in [1.82, 2.24) is 9.55 Å². The zero-order chi connectivity index (χ0) is 20.9. The van der Waals surface area contributed by atoms with E-state index in [1.54, 1.807) is 24.0 Å². The zero-order valence-corrected chi connectivity index (χ0v) is 17.6. The van der Waals surface area contributed by atoms with Gasteiger partial charge in [-0.25, -0.2) is 4.98 Å². The lowest BCUT2D eigenvalue weighted by molar-refractivity contribution is 0.0995. The highest BCUT2D eigenvalue weighted by atomic mass is 32.2. The Hall–Kier alpha value is -3.45. The van der Waals surface area contributed by atoms with E-state index in [4.69, 9.17) is 4.42 Å². The quantitative estimate of drug-likeness (QED) is 0.411. The summed E-state index contributed by atoms with van der Waals surface area (Å²) in [6, 6.07) is 21.2. The van der Waals surface area contributed by atoms with Gasteiger partial charge in [0.05, 0.1) is 17.1 Å². The third-order valence-electron chi connectivity index (χ3n) is 4.66. The molecule has 0 unspecified atom stereocenters. The number of hydrogen-bond acceptors (Lipinski definition) is 5. The average Bonchev–Trinajstić information content (AvgIpc) is 3.41. The molecular weight excluding hydrogens is 396 g/mol. The SMILES string of the molecule is CN(c1ccccc1)c1ccccc1NC(=O)c1ccc(CSc2nccn2C)o1. The van der Waals surface area contributed by atoms with Crippen LogP contribution in [0.3, 0.4) is 0 Å². The van der Waals surface area contributed by atoms with Crippen molar-refractivity contribution >= 4 is 34.7 Å². The van der Waals surface area contributed by atoms with Crippen molar-refractivity contribution in [3.63, 3.8) is 0 Å². The predicted molar refractivity (Wildman–Crippen MR) is 120 cm³/mol. The van der Waals surface area contributed by atoms with Crippen LogP contribution in [-0.2, 0) is 12.8 Å². The fourth-order valence-electron chi connectivity index (χ4n) is 3.05. The molecule has 0 saturated carbocycles. The molecule has 2 heterocycles. The molecule has 0 aliphatic carbocycles. The summed E-state index contributed by atoms with van der Waals surface area (Å²) in [6.45, 7) is 0. The van der Waals surface area contributed by atoms with Crippen LogP contribution in [-0.4, -0.2) is 22.5 Å². The molecule has 1 N–H and O–H groups in total. The highest BCUT2D eigenvalue weighted by Gasteiger charge is 2.16. The minimum atomic E-state index is -0.280. The number of anilines is 3.